The maximum Gasteiger partial charge on any atom is 0.273 e. The molecule has 18 heavy (non-hydrogen) atoms. The fourth-order valence-corrected chi connectivity index (χ4v) is 8.32. The van der Waals surface area contributed by atoms with Gasteiger partial charge in [0.1, 0.15) is 0 Å². The molecule has 0 aromatic carbocycles. The molecule has 1 heterocycles. The maximum absolute atomic E-state index is 6.51. The van der Waals surface area contributed by atoms with Gasteiger partial charge in [0.15, 0.2) is 0 Å². The molecule has 0 aliphatic heterocycles. The highest BCUT2D eigenvalue weighted by Crippen LogP contribution is 2.43. The molecule has 0 N–H and O–H groups in total. The van der Waals surface area contributed by atoms with Crippen LogP contribution in [0.2, 0.25) is 16.6 Å². The third-order valence-electron chi connectivity index (χ3n) is 4.22. The molecule has 1 aromatic rings. The summed E-state index contributed by atoms with van der Waals surface area (Å²) in [6.07, 6.45) is 1.80. The highest BCUT2D eigenvalue weighted by atomic mass is 28.4. The van der Waals surface area contributed by atoms with Crippen molar-refractivity contribution >= 4 is 8.32 Å². The van der Waals surface area contributed by atoms with Crippen molar-refractivity contribution in [1.82, 2.24) is 0 Å². The van der Waals surface area contributed by atoms with Gasteiger partial charge in [-0.1, -0.05) is 41.5 Å². The first-order chi connectivity index (χ1) is 8.23. The third-order valence-corrected chi connectivity index (χ3v) is 10.2. The number of furan rings is 1. The molecule has 104 valence electrons. The lowest BCUT2D eigenvalue weighted by atomic mass is 10.2. The number of aryl methyl sites for hydroxylation is 1. The van der Waals surface area contributed by atoms with E-state index in [1.807, 2.05) is 0 Å². The molecular weight excluding hydrogens is 240 g/mol. The highest BCUT2D eigenvalue weighted by Gasteiger charge is 2.47. The van der Waals surface area contributed by atoms with E-state index in [1.165, 1.54) is 5.56 Å². The van der Waals surface area contributed by atoms with Gasteiger partial charge in [0.2, 0.25) is 0 Å². The predicted octanol–water partition coefficient (Wildman–Crippen LogP) is 5.45. The van der Waals surface area contributed by atoms with E-state index >= 15 is 0 Å². The molecule has 0 unspecified atom stereocenters. The lowest BCUT2D eigenvalue weighted by Gasteiger charge is -2.41. The number of hydrogen-bond acceptors (Lipinski definition) is 2. The first-order valence-corrected chi connectivity index (χ1v) is 9.11. The second-order valence-electron chi connectivity index (χ2n) is 6.25. The predicted molar refractivity (Wildman–Crippen MR) is 79.9 cm³/mol. The molecule has 0 atom stereocenters. The zero-order chi connectivity index (χ0) is 14.1. The summed E-state index contributed by atoms with van der Waals surface area (Å²) < 4.78 is 12.1. The number of rotatable bonds is 5. The summed E-state index contributed by atoms with van der Waals surface area (Å²) in [7, 11) is -1.88. The van der Waals surface area contributed by atoms with Crippen LogP contribution < -0.4 is 4.43 Å². The second-order valence-corrected chi connectivity index (χ2v) is 11.6. The van der Waals surface area contributed by atoms with Crippen molar-refractivity contribution in [3.05, 3.63) is 17.4 Å². The largest absolute Gasteiger partial charge is 0.518 e. The quantitative estimate of drug-likeness (QED) is 0.662. The van der Waals surface area contributed by atoms with E-state index in [2.05, 4.69) is 55.4 Å². The molecular formula is C15H28O2Si. The van der Waals surface area contributed by atoms with Crippen molar-refractivity contribution in [3.8, 4) is 5.95 Å². The minimum atomic E-state index is -1.88. The Morgan fingerprint density at radius 3 is 1.67 bits per heavy atom. The molecule has 0 radical (unpaired) electrons. The SMILES string of the molecule is Cc1coc(O[Si](C(C)C)(C(C)C)C(C)C)c1C. The minimum Gasteiger partial charge on any atom is -0.518 e. The standard InChI is InChI=1S/C15H28O2Si/c1-10(2)18(11(3)4,12(5)6)17-15-14(8)13(7)9-16-15/h9-12H,1-8H3. The Labute approximate surface area is 113 Å². The van der Waals surface area contributed by atoms with Crippen molar-refractivity contribution in [2.24, 2.45) is 0 Å². The Kier molecular flexibility index (Phi) is 4.70. The summed E-state index contributed by atoms with van der Waals surface area (Å²) in [5.74, 6) is 0.746. The van der Waals surface area contributed by atoms with Gasteiger partial charge in [0.05, 0.1) is 6.26 Å². The van der Waals surface area contributed by atoms with Gasteiger partial charge < -0.3 is 8.84 Å². The summed E-state index contributed by atoms with van der Waals surface area (Å²) in [5.41, 5.74) is 4.03. The molecule has 3 heteroatoms. The van der Waals surface area contributed by atoms with Gasteiger partial charge in [-0.2, -0.15) is 0 Å². The Morgan fingerprint density at radius 2 is 1.39 bits per heavy atom. The van der Waals surface area contributed by atoms with Gasteiger partial charge in [-0.05, 0) is 36.0 Å². The normalized spacial score (nSPS) is 12.8. The van der Waals surface area contributed by atoms with E-state index in [-0.39, 0.29) is 0 Å². The van der Waals surface area contributed by atoms with Gasteiger partial charge >= 0.3 is 0 Å². The average Bonchev–Trinajstić information content (AvgIpc) is 2.55. The van der Waals surface area contributed by atoms with Gasteiger partial charge in [0.25, 0.3) is 14.3 Å². The van der Waals surface area contributed by atoms with Crippen LogP contribution in [0.4, 0.5) is 0 Å². The molecule has 1 rings (SSSR count). The summed E-state index contributed by atoms with van der Waals surface area (Å²) in [4.78, 5) is 0. The third kappa shape index (κ3) is 2.51. The summed E-state index contributed by atoms with van der Waals surface area (Å²) >= 11 is 0. The van der Waals surface area contributed by atoms with Crippen LogP contribution in [0.1, 0.15) is 52.7 Å². The van der Waals surface area contributed by atoms with Crippen LogP contribution >= 0.6 is 0 Å². The van der Waals surface area contributed by atoms with Crippen LogP contribution in [0.15, 0.2) is 10.7 Å². The molecule has 0 spiro atoms. The molecule has 2 nitrogen and oxygen atoms in total. The second kappa shape index (κ2) is 5.51. The van der Waals surface area contributed by atoms with Crippen LogP contribution in [0.5, 0.6) is 5.95 Å². The molecule has 0 saturated heterocycles. The fraction of sp³-hybridized carbons (Fsp3) is 0.733. The van der Waals surface area contributed by atoms with Crippen LogP contribution in [0.25, 0.3) is 0 Å². The lowest BCUT2D eigenvalue weighted by Crippen LogP contribution is -2.50. The minimum absolute atomic E-state index is 0.572. The van der Waals surface area contributed by atoms with E-state index in [1.54, 1.807) is 6.26 Å². The van der Waals surface area contributed by atoms with Crippen LogP contribution in [-0.2, 0) is 0 Å². The molecule has 0 fully saturated rings. The zero-order valence-electron chi connectivity index (χ0n) is 13.1. The first kappa shape index (κ1) is 15.4. The fourth-order valence-electron chi connectivity index (χ4n) is 3.09. The van der Waals surface area contributed by atoms with Gasteiger partial charge in [-0.3, -0.25) is 0 Å². The van der Waals surface area contributed by atoms with Gasteiger partial charge in [0, 0.05) is 5.56 Å². The van der Waals surface area contributed by atoms with E-state index in [4.69, 9.17) is 8.84 Å². The molecule has 0 aliphatic carbocycles. The first-order valence-electron chi connectivity index (χ1n) is 6.97. The van der Waals surface area contributed by atoms with E-state index in [9.17, 15) is 0 Å². The van der Waals surface area contributed by atoms with E-state index in [0.717, 1.165) is 11.5 Å². The Bertz CT molecular complexity index is 369. The Balaban J connectivity index is 3.17. The summed E-state index contributed by atoms with van der Waals surface area (Å²) in [6.45, 7) is 17.9. The summed E-state index contributed by atoms with van der Waals surface area (Å²) in [6, 6.07) is 0. The van der Waals surface area contributed by atoms with Crippen molar-refractivity contribution in [1.29, 1.82) is 0 Å². The summed E-state index contributed by atoms with van der Waals surface area (Å²) in [5, 5.41) is 0. The molecule has 0 aliphatic rings. The Morgan fingerprint density at radius 1 is 0.944 bits per heavy atom. The monoisotopic (exact) mass is 268 g/mol. The topological polar surface area (TPSA) is 22.4 Å². The van der Waals surface area contributed by atoms with Crippen molar-refractivity contribution in [2.75, 3.05) is 0 Å². The zero-order valence-corrected chi connectivity index (χ0v) is 14.1. The molecule has 0 amide bonds. The lowest BCUT2D eigenvalue weighted by molar-refractivity contribution is 0.356. The van der Waals surface area contributed by atoms with Crippen molar-refractivity contribution in [3.63, 3.8) is 0 Å². The van der Waals surface area contributed by atoms with Crippen LogP contribution in [0, 0.1) is 13.8 Å². The van der Waals surface area contributed by atoms with Crippen molar-refractivity contribution < 1.29 is 8.84 Å². The average molecular weight is 268 g/mol. The molecule has 0 bridgehead atoms. The Hall–Kier alpha value is -0.703. The molecule has 0 saturated carbocycles. The van der Waals surface area contributed by atoms with Gasteiger partial charge in [-0.15, -0.1) is 0 Å². The van der Waals surface area contributed by atoms with Crippen molar-refractivity contribution in [2.45, 2.75) is 72.0 Å². The van der Waals surface area contributed by atoms with E-state index < -0.39 is 8.32 Å². The smallest absolute Gasteiger partial charge is 0.273 e. The van der Waals surface area contributed by atoms with Gasteiger partial charge in [-0.25, -0.2) is 0 Å². The maximum atomic E-state index is 6.51. The van der Waals surface area contributed by atoms with E-state index in [0.29, 0.717) is 16.6 Å². The number of hydrogen-bond donors (Lipinski definition) is 0. The van der Waals surface area contributed by atoms with Crippen LogP contribution in [0.3, 0.4) is 0 Å². The highest BCUT2D eigenvalue weighted by molar-refractivity contribution is 6.78. The van der Waals surface area contributed by atoms with Crippen LogP contribution in [-0.4, -0.2) is 8.32 Å². The molecule has 1 aromatic heterocycles.